The Morgan fingerprint density at radius 2 is 2.44 bits per heavy atom. The number of carbonyl (C=O) groups is 1. The van der Waals surface area contributed by atoms with Crippen LogP contribution in [0.5, 0.6) is 0 Å². The molecule has 0 aliphatic carbocycles. The summed E-state index contributed by atoms with van der Waals surface area (Å²) in [5.41, 5.74) is 0.702. The molecule has 1 aromatic carbocycles. The zero-order chi connectivity index (χ0) is 11.4. The minimum Gasteiger partial charge on any atom is -0.316 e. The monoisotopic (exact) mass is 272 g/mol. The summed E-state index contributed by atoms with van der Waals surface area (Å²) >= 11 is 8.55. The number of hydrogen-bond acceptors (Lipinski definition) is 4. The Hall–Kier alpha value is -0.650. The van der Waals surface area contributed by atoms with Crippen LogP contribution in [0.1, 0.15) is 0 Å². The van der Waals surface area contributed by atoms with Gasteiger partial charge in [-0.2, -0.15) is 0 Å². The van der Waals surface area contributed by atoms with E-state index in [1.807, 2.05) is 0 Å². The zero-order valence-corrected chi connectivity index (χ0v) is 10.7. The molecule has 1 heterocycles. The second-order valence-corrected chi connectivity index (χ2v) is 5.76. The van der Waals surface area contributed by atoms with E-state index in [1.54, 1.807) is 36.0 Å². The number of aliphatic imine (C=N–C) groups is 1. The van der Waals surface area contributed by atoms with Crippen molar-refractivity contribution in [1.82, 2.24) is 0 Å². The van der Waals surface area contributed by atoms with Gasteiger partial charge in [0, 0.05) is 16.5 Å². The van der Waals surface area contributed by atoms with Crippen LogP contribution >= 0.6 is 35.1 Å². The van der Waals surface area contributed by atoms with Gasteiger partial charge in [-0.1, -0.05) is 29.4 Å². The predicted molar refractivity (Wildman–Crippen MR) is 72.8 cm³/mol. The van der Waals surface area contributed by atoms with Gasteiger partial charge in [0.05, 0.1) is 6.54 Å². The minimum atomic E-state index is -0.129. The number of carbonyl (C=O) groups excluding carboxylic acids is 1. The Morgan fingerprint density at radius 1 is 1.56 bits per heavy atom. The van der Waals surface area contributed by atoms with Crippen LogP contribution < -0.4 is 5.32 Å². The fraction of sp³-hybridized carbons (Fsp3) is 0.200. The predicted octanol–water partition coefficient (Wildman–Crippen LogP) is 3.71. The molecule has 1 aliphatic rings. The SMILES string of the molecule is O=C(Nc1cccc(Cl)c1)SC1=NCCS1. The highest BCUT2D eigenvalue weighted by Gasteiger charge is 2.13. The van der Waals surface area contributed by atoms with E-state index in [-0.39, 0.29) is 5.24 Å². The highest BCUT2D eigenvalue weighted by Crippen LogP contribution is 2.24. The molecule has 3 nitrogen and oxygen atoms in total. The van der Waals surface area contributed by atoms with E-state index in [2.05, 4.69) is 10.3 Å². The van der Waals surface area contributed by atoms with Crippen molar-refractivity contribution in [2.75, 3.05) is 17.6 Å². The molecule has 0 radical (unpaired) electrons. The van der Waals surface area contributed by atoms with Crippen LogP contribution in [-0.2, 0) is 0 Å². The number of rotatable bonds is 1. The van der Waals surface area contributed by atoms with Crippen LogP contribution in [0.25, 0.3) is 0 Å². The van der Waals surface area contributed by atoms with E-state index >= 15 is 0 Å². The van der Waals surface area contributed by atoms with Crippen LogP contribution in [-0.4, -0.2) is 21.9 Å². The average molecular weight is 273 g/mol. The normalized spacial score (nSPS) is 14.7. The quantitative estimate of drug-likeness (QED) is 0.847. The van der Waals surface area contributed by atoms with Gasteiger partial charge in [0.2, 0.25) is 0 Å². The molecular formula is C10H9ClN2OS2. The van der Waals surface area contributed by atoms with Gasteiger partial charge in [0.25, 0.3) is 5.24 Å². The molecule has 0 unspecified atom stereocenters. The van der Waals surface area contributed by atoms with Gasteiger partial charge >= 0.3 is 0 Å². The van der Waals surface area contributed by atoms with Crippen molar-refractivity contribution in [1.29, 1.82) is 0 Å². The van der Waals surface area contributed by atoms with Gasteiger partial charge in [-0.25, -0.2) is 0 Å². The molecule has 0 saturated carbocycles. The lowest BCUT2D eigenvalue weighted by Crippen LogP contribution is -2.06. The fourth-order valence-electron chi connectivity index (χ4n) is 1.17. The molecular weight excluding hydrogens is 264 g/mol. The lowest BCUT2D eigenvalue weighted by Gasteiger charge is -2.04. The van der Waals surface area contributed by atoms with Gasteiger partial charge in [0.1, 0.15) is 4.38 Å². The van der Waals surface area contributed by atoms with Crippen molar-refractivity contribution in [3.05, 3.63) is 29.3 Å². The van der Waals surface area contributed by atoms with Gasteiger partial charge in [-0.15, -0.1) is 0 Å². The molecule has 84 valence electrons. The summed E-state index contributed by atoms with van der Waals surface area (Å²) in [6.45, 7) is 0.803. The first kappa shape index (κ1) is 11.8. The second kappa shape index (κ2) is 5.61. The molecule has 1 N–H and O–H groups in total. The van der Waals surface area contributed by atoms with E-state index in [0.29, 0.717) is 10.7 Å². The minimum absolute atomic E-state index is 0.129. The lowest BCUT2D eigenvalue weighted by molar-refractivity contribution is 0.270. The Labute approximate surface area is 107 Å². The Kier molecular flexibility index (Phi) is 4.15. The number of thioether (sulfide) groups is 2. The molecule has 16 heavy (non-hydrogen) atoms. The number of nitrogens with one attached hydrogen (secondary N) is 1. The molecule has 1 aromatic rings. The van der Waals surface area contributed by atoms with E-state index in [0.717, 1.165) is 28.4 Å². The number of amides is 1. The average Bonchev–Trinajstić information content (AvgIpc) is 2.70. The summed E-state index contributed by atoms with van der Waals surface area (Å²) in [6.07, 6.45) is 0. The van der Waals surface area contributed by atoms with Crippen molar-refractivity contribution in [3.8, 4) is 0 Å². The molecule has 0 bridgehead atoms. The standard InChI is InChI=1S/C10H9ClN2OS2/c11-7-2-1-3-8(6-7)13-9(14)16-10-12-4-5-15-10/h1-3,6H,4-5H2,(H,13,14). The fourth-order valence-corrected chi connectivity index (χ4v) is 3.09. The molecule has 0 aromatic heterocycles. The maximum absolute atomic E-state index is 11.6. The first-order valence-corrected chi connectivity index (χ1v) is 6.84. The molecule has 0 saturated heterocycles. The molecule has 0 atom stereocenters. The van der Waals surface area contributed by atoms with Gasteiger partial charge in [-0.3, -0.25) is 9.79 Å². The number of nitrogens with zero attached hydrogens (tertiary/aromatic N) is 1. The summed E-state index contributed by atoms with van der Waals surface area (Å²) in [5.74, 6) is 0.965. The third-order valence-corrected chi connectivity index (χ3v) is 4.00. The number of benzene rings is 1. The molecule has 2 rings (SSSR count). The van der Waals surface area contributed by atoms with Crippen LogP contribution in [0.2, 0.25) is 5.02 Å². The second-order valence-electron chi connectivity index (χ2n) is 3.02. The first-order chi connectivity index (χ1) is 7.74. The van der Waals surface area contributed by atoms with E-state index < -0.39 is 0 Å². The number of halogens is 1. The largest absolute Gasteiger partial charge is 0.316 e. The third-order valence-electron chi connectivity index (χ3n) is 1.81. The van der Waals surface area contributed by atoms with Crippen molar-refractivity contribution in [2.24, 2.45) is 4.99 Å². The summed E-state index contributed by atoms with van der Waals surface area (Å²) in [6, 6.07) is 7.07. The highest BCUT2D eigenvalue weighted by molar-refractivity contribution is 8.45. The topological polar surface area (TPSA) is 41.5 Å². The van der Waals surface area contributed by atoms with E-state index in [9.17, 15) is 4.79 Å². The van der Waals surface area contributed by atoms with E-state index in [1.165, 1.54) is 0 Å². The summed E-state index contributed by atoms with van der Waals surface area (Å²) in [5, 5.41) is 3.23. The van der Waals surface area contributed by atoms with Crippen molar-refractivity contribution >= 4 is 50.4 Å². The Morgan fingerprint density at radius 3 is 3.12 bits per heavy atom. The van der Waals surface area contributed by atoms with Gasteiger partial charge in [0.15, 0.2) is 0 Å². The van der Waals surface area contributed by atoms with E-state index in [4.69, 9.17) is 11.6 Å². The maximum atomic E-state index is 11.6. The molecule has 1 aliphatic heterocycles. The number of anilines is 1. The lowest BCUT2D eigenvalue weighted by atomic mass is 10.3. The molecule has 0 fully saturated rings. The first-order valence-electron chi connectivity index (χ1n) is 4.66. The molecule has 6 heteroatoms. The van der Waals surface area contributed by atoms with Crippen LogP contribution in [0, 0.1) is 0 Å². The van der Waals surface area contributed by atoms with Crippen molar-refractivity contribution in [2.45, 2.75) is 0 Å². The third kappa shape index (κ3) is 3.43. The smallest absolute Gasteiger partial charge is 0.290 e. The summed E-state index contributed by atoms with van der Waals surface area (Å²) < 4.78 is 0.833. The molecule has 1 amide bonds. The van der Waals surface area contributed by atoms with Crippen LogP contribution in [0.4, 0.5) is 10.5 Å². The number of hydrogen-bond donors (Lipinski definition) is 1. The van der Waals surface area contributed by atoms with Gasteiger partial charge < -0.3 is 5.32 Å². The van der Waals surface area contributed by atoms with Crippen molar-refractivity contribution in [3.63, 3.8) is 0 Å². The Bertz CT molecular complexity index is 437. The molecule has 0 spiro atoms. The van der Waals surface area contributed by atoms with Crippen LogP contribution in [0.15, 0.2) is 29.3 Å². The summed E-state index contributed by atoms with van der Waals surface area (Å²) in [7, 11) is 0. The summed E-state index contributed by atoms with van der Waals surface area (Å²) in [4.78, 5) is 15.8. The Balaban J connectivity index is 1.91. The zero-order valence-electron chi connectivity index (χ0n) is 8.27. The van der Waals surface area contributed by atoms with Gasteiger partial charge in [-0.05, 0) is 30.0 Å². The van der Waals surface area contributed by atoms with Crippen molar-refractivity contribution < 1.29 is 4.79 Å². The van der Waals surface area contributed by atoms with Crippen LogP contribution in [0.3, 0.4) is 0 Å². The maximum Gasteiger partial charge on any atom is 0.290 e. The highest BCUT2D eigenvalue weighted by atomic mass is 35.5.